The first-order chi connectivity index (χ1) is 29.4. The second kappa shape index (κ2) is 27.9. The molecule has 0 aliphatic heterocycles. The molecule has 0 saturated carbocycles. The minimum absolute atomic E-state index is 0. The molecule has 0 aromatic heterocycles. The number of carbonyl (C=O) groups is 2. The van der Waals surface area contributed by atoms with Crippen molar-refractivity contribution < 1.29 is 19.8 Å². The molecule has 340 valence electrons. The summed E-state index contributed by atoms with van der Waals surface area (Å²) in [6, 6.07) is 23.1. The lowest BCUT2D eigenvalue weighted by Gasteiger charge is -2.49. The van der Waals surface area contributed by atoms with E-state index in [0.29, 0.717) is 24.0 Å². The highest BCUT2D eigenvalue weighted by molar-refractivity contribution is 9.11. The molecule has 62 heavy (non-hydrogen) atoms. The Bertz CT molecular complexity index is 1890. The van der Waals surface area contributed by atoms with Gasteiger partial charge < -0.3 is 10.2 Å². The van der Waals surface area contributed by atoms with Gasteiger partial charge in [-0.25, -0.2) is 0 Å². The summed E-state index contributed by atoms with van der Waals surface area (Å²) < 4.78 is 3.47. The summed E-state index contributed by atoms with van der Waals surface area (Å²) >= 11 is 17.3. The molecule has 2 N–H and O–H groups in total. The van der Waals surface area contributed by atoms with Crippen LogP contribution in [-0.2, 0) is 11.2 Å². The van der Waals surface area contributed by atoms with Crippen molar-refractivity contribution in [2.75, 3.05) is 5.33 Å². The summed E-state index contributed by atoms with van der Waals surface area (Å²) in [7, 11) is 0. The molecule has 9 heteroatoms. The van der Waals surface area contributed by atoms with Crippen LogP contribution in [0.15, 0.2) is 90.7 Å². The van der Waals surface area contributed by atoms with Crippen LogP contribution in [0, 0.1) is 0 Å². The lowest BCUT2D eigenvalue weighted by molar-refractivity contribution is -0.177. The van der Waals surface area contributed by atoms with Crippen LogP contribution in [0.2, 0.25) is 0 Å². The molecule has 2 aliphatic carbocycles. The normalized spacial score (nSPS) is 17.0. The smallest absolute Gasteiger partial charge is 0.234 e. The van der Waals surface area contributed by atoms with Crippen LogP contribution in [0.3, 0.4) is 0 Å². The van der Waals surface area contributed by atoms with Crippen LogP contribution in [0.1, 0.15) is 188 Å². The number of benzene rings is 4. The molecule has 0 radical (unpaired) electrons. The average molecular weight is 1170 g/mol. The second-order valence-corrected chi connectivity index (χ2v) is 21.1. The molecular weight excluding hydrogens is 1100 g/mol. The highest BCUT2D eigenvalue weighted by Crippen LogP contribution is 2.57. The number of hydrogen-bond donors (Lipinski definition) is 2. The zero-order valence-electron chi connectivity index (χ0n) is 36.4. The fourth-order valence-corrected chi connectivity index (χ4v) is 10.5. The predicted octanol–water partition coefficient (Wildman–Crippen LogP) is 18.4. The Balaban J connectivity index is 0.000000303. The molecule has 0 fully saturated rings. The van der Waals surface area contributed by atoms with E-state index in [0.717, 1.165) is 77.0 Å². The van der Waals surface area contributed by atoms with Gasteiger partial charge in [0.05, 0.1) is 0 Å². The zero-order valence-corrected chi connectivity index (χ0v) is 44.3. The fourth-order valence-electron chi connectivity index (χ4n) is 8.64. The average Bonchev–Trinajstić information content (AvgIpc) is 3.25. The number of aliphatic hydroxyl groups is 2. The number of halogens is 5. The Morgan fingerprint density at radius 3 is 1.03 bits per heavy atom. The topological polar surface area (TPSA) is 74.6 Å². The third kappa shape index (κ3) is 14.5. The molecule has 0 saturated heterocycles. The molecule has 0 bridgehead atoms. The molecule has 0 amide bonds. The van der Waals surface area contributed by atoms with Gasteiger partial charge in [0.25, 0.3) is 0 Å². The van der Waals surface area contributed by atoms with Gasteiger partial charge in [-0.15, -0.1) is 0 Å². The number of fused-ring (bicyclic) bond motifs is 6. The van der Waals surface area contributed by atoms with Crippen LogP contribution >= 0.6 is 79.6 Å². The van der Waals surface area contributed by atoms with E-state index in [9.17, 15) is 19.8 Å². The molecule has 6 rings (SSSR count). The first-order valence-corrected chi connectivity index (χ1v) is 27.0. The standard InChI is InChI=1S/C30H42Br2O2.C14H6Br2O2.C8H17Br.CH4/c1-3-5-7-9-11-13-19-29(33)27-21-23(31)15-17-25(27)26-18-16-24(32)22-28(26)30(29,34)20-14-12-10-8-6-4-2;15-7-1-3-9-10-4-2-8(16)6-12(10)14(18)13(17)11(9)5-7;1-2-3-4-5-6-7-8-9;/h15-18,21-22,33-34H,3-14,19-20H2,1-2H3;1-6H;2-8H2,1H3;1H4. The van der Waals surface area contributed by atoms with Crippen molar-refractivity contribution in [3.05, 3.63) is 113 Å². The van der Waals surface area contributed by atoms with E-state index >= 15 is 0 Å². The van der Waals surface area contributed by atoms with Crippen LogP contribution < -0.4 is 0 Å². The van der Waals surface area contributed by atoms with Gasteiger partial charge in [-0.1, -0.05) is 241 Å². The first kappa shape index (κ1) is 54.9. The molecule has 0 spiro atoms. The molecule has 4 nitrogen and oxygen atoms in total. The maximum Gasteiger partial charge on any atom is 0.234 e. The SMILES string of the molecule is C.CCCCCCCCBr.CCCCCCCCC1(O)c2cc(Br)ccc2-c2ccc(Br)cc2C1(O)CCCCCCCC.O=C1C(=O)c2cc(Br)ccc2-c2ccc(Br)cc21. The number of carbonyl (C=O) groups excluding carboxylic acids is 2. The Morgan fingerprint density at radius 1 is 0.403 bits per heavy atom. The molecule has 2 unspecified atom stereocenters. The zero-order chi connectivity index (χ0) is 44.4. The summed E-state index contributed by atoms with van der Waals surface area (Å²) in [5.74, 6) is -0.895. The van der Waals surface area contributed by atoms with E-state index in [1.807, 2.05) is 48.5 Å². The molecule has 2 aliphatic rings. The summed E-state index contributed by atoms with van der Waals surface area (Å²) in [5, 5.41) is 26.1. The third-order valence-corrected chi connectivity index (χ3v) is 14.6. The third-order valence-electron chi connectivity index (χ3n) is 12.0. The molecule has 2 atom stereocenters. The number of ketones is 2. The Hall–Kier alpha value is -1.46. The van der Waals surface area contributed by atoms with Crippen molar-refractivity contribution >= 4 is 91.2 Å². The van der Waals surface area contributed by atoms with Crippen molar-refractivity contribution in [2.24, 2.45) is 0 Å². The maximum absolute atomic E-state index is 12.5. The second-order valence-electron chi connectivity index (χ2n) is 16.6. The van der Waals surface area contributed by atoms with E-state index < -0.39 is 22.8 Å². The summed E-state index contributed by atoms with van der Waals surface area (Å²) in [5.41, 5.74) is 3.71. The van der Waals surface area contributed by atoms with Crippen molar-refractivity contribution in [3.8, 4) is 22.3 Å². The van der Waals surface area contributed by atoms with Gasteiger partial charge >= 0.3 is 0 Å². The van der Waals surface area contributed by atoms with Gasteiger partial charge in [-0.2, -0.15) is 0 Å². The van der Waals surface area contributed by atoms with E-state index in [4.69, 9.17) is 0 Å². The monoisotopic (exact) mass is 1160 g/mol. The molecule has 0 heterocycles. The molecule has 4 aromatic carbocycles. The van der Waals surface area contributed by atoms with E-state index in [1.165, 1.54) is 95.2 Å². The van der Waals surface area contributed by atoms with Gasteiger partial charge in [0.15, 0.2) is 0 Å². The number of rotatable bonds is 20. The van der Waals surface area contributed by atoms with E-state index in [2.05, 4.69) is 113 Å². The van der Waals surface area contributed by atoms with Gasteiger partial charge in [0.2, 0.25) is 11.6 Å². The quantitative estimate of drug-likeness (QED) is 0.0525. The van der Waals surface area contributed by atoms with E-state index in [1.54, 1.807) is 12.1 Å². The van der Waals surface area contributed by atoms with Crippen LogP contribution in [0.5, 0.6) is 0 Å². The van der Waals surface area contributed by atoms with Crippen LogP contribution in [0.25, 0.3) is 22.3 Å². The number of alkyl halides is 1. The predicted molar refractivity (Wildman–Crippen MR) is 281 cm³/mol. The minimum atomic E-state index is -1.31. The number of Topliss-reactive ketones (excluding diaryl/α,β-unsaturated/α-hetero) is 2. The van der Waals surface area contributed by atoms with E-state index in [-0.39, 0.29) is 7.43 Å². The van der Waals surface area contributed by atoms with Gasteiger partial charge in [-0.3, -0.25) is 9.59 Å². The summed E-state index contributed by atoms with van der Waals surface area (Å²) in [6.07, 6.45) is 23.4. The molecular formula is C53H69Br5O4. The lowest BCUT2D eigenvalue weighted by Crippen LogP contribution is -2.52. The van der Waals surface area contributed by atoms with Crippen LogP contribution in [0.4, 0.5) is 0 Å². The molecule has 4 aromatic rings. The highest BCUT2D eigenvalue weighted by Gasteiger charge is 2.55. The summed E-state index contributed by atoms with van der Waals surface area (Å²) in [4.78, 5) is 24.1. The summed E-state index contributed by atoms with van der Waals surface area (Å²) in [6.45, 7) is 6.72. The largest absolute Gasteiger partial charge is 0.382 e. The Labute approximate surface area is 415 Å². The number of hydrogen-bond acceptors (Lipinski definition) is 4. The van der Waals surface area contributed by atoms with Crippen LogP contribution in [-0.4, -0.2) is 27.1 Å². The van der Waals surface area contributed by atoms with Crippen molar-refractivity contribution in [1.29, 1.82) is 0 Å². The van der Waals surface area contributed by atoms with Crippen molar-refractivity contribution in [1.82, 2.24) is 0 Å². The van der Waals surface area contributed by atoms with Crippen molar-refractivity contribution in [2.45, 2.75) is 168 Å². The minimum Gasteiger partial charge on any atom is -0.382 e. The Kier molecular flexibility index (Phi) is 24.7. The fraction of sp³-hybridized carbons (Fsp3) is 0.509. The highest BCUT2D eigenvalue weighted by atomic mass is 79.9. The van der Waals surface area contributed by atoms with Gasteiger partial charge in [-0.05, 0) is 101 Å². The van der Waals surface area contributed by atoms with Gasteiger partial charge in [0.1, 0.15) is 11.2 Å². The van der Waals surface area contributed by atoms with Gasteiger partial charge in [0, 0.05) is 34.3 Å². The van der Waals surface area contributed by atoms with Crippen molar-refractivity contribution in [3.63, 3.8) is 0 Å². The Morgan fingerprint density at radius 2 is 0.694 bits per heavy atom. The lowest BCUT2D eigenvalue weighted by atomic mass is 9.62. The number of unbranched alkanes of at least 4 members (excludes halogenated alkanes) is 15. The maximum atomic E-state index is 12.5. The first-order valence-electron chi connectivity index (χ1n) is 22.7.